The molecule has 0 atom stereocenters. The molecule has 2 aromatic carbocycles. The highest BCUT2D eigenvalue weighted by atomic mass is 32.1. The van der Waals surface area contributed by atoms with Crippen LogP contribution in [0.25, 0.3) is 0 Å². The summed E-state index contributed by atoms with van der Waals surface area (Å²) in [6.07, 6.45) is 1.62. The van der Waals surface area contributed by atoms with Gasteiger partial charge in [-0.1, -0.05) is 18.2 Å². The Kier molecular flexibility index (Phi) is 6.02. The first-order valence-electron chi connectivity index (χ1n) is 9.69. The van der Waals surface area contributed by atoms with Crippen LogP contribution >= 0.6 is 11.3 Å². The molecule has 1 aliphatic rings. The molecule has 0 aliphatic carbocycles. The molecule has 4 rings (SSSR count). The van der Waals surface area contributed by atoms with Gasteiger partial charge >= 0.3 is 0 Å². The summed E-state index contributed by atoms with van der Waals surface area (Å²) in [7, 11) is 0. The van der Waals surface area contributed by atoms with Crippen molar-refractivity contribution in [2.75, 3.05) is 18.0 Å². The molecule has 1 aliphatic heterocycles. The summed E-state index contributed by atoms with van der Waals surface area (Å²) in [6.45, 7) is 2.33. The van der Waals surface area contributed by atoms with Crippen molar-refractivity contribution >= 4 is 22.9 Å². The minimum absolute atomic E-state index is 0.0406. The summed E-state index contributed by atoms with van der Waals surface area (Å²) in [5.74, 6) is -0.584. The van der Waals surface area contributed by atoms with Crippen LogP contribution in [-0.4, -0.2) is 29.9 Å². The third-order valence-corrected chi connectivity index (χ3v) is 6.13. The summed E-state index contributed by atoms with van der Waals surface area (Å²) >= 11 is 1.41. The van der Waals surface area contributed by atoms with E-state index < -0.39 is 0 Å². The van der Waals surface area contributed by atoms with Gasteiger partial charge in [0, 0.05) is 31.4 Å². The monoisotopic (exact) mass is 412 g/mol. The average Bonchev–Trinajstić information content (AvgIpc) is 3.26. The third-order valence-electron chi connectivity index (χ3n) is 5.27. The first kappa shape index (κ1) is 19.7. The van der Waals surface area contributed by atoms with Crippen LogP contribution in [0.3, 0.4) is 0 Å². The Balaban J connectivity index is 1.49. The zero-order valence-electron chi connectivity index (χ0n) is 15.9. The van der Waals surface area contributed by atoms with Crippen LogP contribution in [-0.2, 0) is 6.54 Å². The van der Waals surface area contributed by atoms with Crippen LogP contribution in [0.4, 0.5) is 14.5 Å². The summed E-state index contributed by atoms with van der Waals surface area (Å²) in [4.78, 5) is 18.0. The average molecular weight is 413 g/mol. The molecule has 2 heterocycles. The Bertz CT molecular complexity index is 951. The van der Waals surface area contributed by atoms with Gasteiger partial charge in [0.1, 0.15) is 11.6 Å². The van der Waals surface area contributed by atoms with Crippen molar-refractivity contribution in [1.29, 1.82) is 0 Å². The number of thiophene rings is 1. The fourth-order valence-corrected chi connectivity index (χ4v) is 4.50. The maximum absolute atomic E-state index is 13.4. The van der Waals surface area contributed by atoms with Crippen LogP contribution < -0.4 is 4.90 Å². The van der Waals surface area contributed by atoms with Crippen molar-refractivity contribution in [2.45, 2.75) is 25.4 Å². The number of anilines is 1. The lowest BCUT2D eigenvalue weighted by Gasteiger charge is -2.38. The van der Waals surface area contributed by atoms with E-state index >= 15 is 0 Å². The van der Waals surface area contributed by atoms with E-state index in [9.17, 15) is 13.6 Å². The molecule has 1 fully saturated rings. The van der Waals surface area contributed by atoms with Gasteiger partial charge in [0.2, 0.25) is 0 Å². The van der Waals surface area contributed by atoms with E-state index in [4.69, 9.17) is 0 Å². The zero-order chi connectivity index (χ0) is 20.2. The highest BCUT2D eigenvalue weighted by Gasteiger charge is 2.30. The van der Waals surface area contributed by atoms with E-state index in [-0.39, 0.29) is 23.6 Å². The molecular formula is C23H22F2N2OS. The van der Waals surface area contributed by atoms with Gasteiger partial charge in [0.25, 0.3) is 5.91 Å². The number of carbonyl (C=O) groups is 1. The lowest BCUT2D eigenvalue weighted by Crippen LogP contribution is -2.47. The fraction of sp³-hybridized carbons (Fsp3) is 0.261. The molecule has 0 N–H and O–H groups in total. The number of likely N-dealkylation sites (tertiary alicyclic amines) is 1. The maximum atomic E-state index is 13.4. The molecular weight excluding hydrogens is 390 g/mol. The van der Waals surface area contributed by atoms with Gasteiger partial charge in [-0.05, 0) is 66.2 Å². The molecule has 29 heavy (non-hydrogen) atoms. The zero-order valence-corrected chi connectivity index (χ0v) is 16.7. The number of halogens is 2. The predicted octanol–water partition coefficient (Wildman–Crippen LogP) is 5.34. The number of amides is 1. The summed E-state index contributed by atoms with van der Waals surface area (Å²) in [5, 5.41) is 1.89. The number of nitrogens with zero attached hydrogens (tertiary/aromatic N) is 2. The van der Waals surface area contributed by atoms with Crippen LogP contribution in [0.1, 0.15) is 28.1 Å². The van der Waals surface area contributed by atoms with E-state index in [1.165, 1.54) is 29.5 Å². The van der Waals surface area contributed by atoms with Gasteiger partial charge < -0.3 is 4.90 Å². The van der Waals surface area contributed by atoms with Crippen molar-refractivity contribution in [3.63, 3.8) is 0 Å². The number of piperidine rings is 1. The molecule has 0 radical (unpaired) electrons. The van der Waals surface area contributed by atoms with Crippen LogP contribution in [0.2, 0.25) is 0 Å². The van der Waals surface area contributed by atoms with Crippen molar-refractivity contribution in [3.8, 4) is 0 Å². The van der Waals surface area contributed by atoms with Crippen molar-refractivity contribution in [2.24, 2.45) is 0 Å². The Morgan fingerprint density at radius 1 is 1.00 bits per heavy atom. The molecule has 150 valence electrons. The second-order valence-corrected chi connectivity index (χ2v) is 8.21. The maximum Gasteiger partial charge on any atom is 0.268 e. The molecule has 0 bridgehead atoms. The first-order valence-corrected chi connectivity index (χ1v) is 10.6. The molecule has 3 nitrogen and oxygen atoms in total. The molecule has 0 unspecified atom stereocenters. The summed E-state index contributed by atoms with van der Waals surface area (Å²) in [6, 6.07) is 16.5. The largest absolute Gasteiger partial charge is 0.305 e. The fourth-order valence-electron chi connectivity index (χ4n) is 3.84. The number of hydrogen-bond acceptors (Lipinski definition) is 3. The minimum atomic E-state index is -0.317. The van der Waals surface area contributed by atoms with Gasteiger partial charge in [-0.2, -0.15) is 0 Å². The highest BCUT2D eigenvalue weighted by molar-refractivity contribution is 7.12. The third kappa shape index (κ3) is 4.71. The minimum Gasteiger partial charge on any atom is -0.305 e. The van der Waals surface area contributed by atoms with E-state index in [0.29, 0.717) is 17.1 Å². The normalized spacial score (nSPS) is 15.4. The molecule has 1 aromatic heterocycles. The molecule has 0 saturated carbocycles. The van der Waals surface area contributed by atoms with Crippen LogP contribution in [0.15, 0.2) is 66.0 Å². The topological polar surface area (TPSA) is 23.6 Å². The Labute approximate surface area is 173 Å². The van der Waals surface area contributed by atoms with E-state index in [2.05, 4.69) is 4.90 Å². The SMILES string of the molecule is O=C(c1cccs1)N(c1ccc(F)cc1)C1CCN(Cc2cccc(F)c2)CC1. The number of benzene rings is 2. The first-order chi connectivity index (χ1) is 14.1. The van der Waals surface area contributed by atoms with Crippen LogP contribution in [0, 0.1) is 11.6 Å². The van der Waals surface area contributed by atoms with Gasteiger partial charge in [0.05, 0.1) is 4.88 Å². The Morgan fingerprint density at radius 3 is 2.41 bits per heavy atom. The number of hydrogen-bond donors (Lipinski definition) is 0. The lowest BCUT2D eigenvalue weighted by molar-refractivity contribution is 0.0962. The summed E-state index contributed by atoms with van der Waals surface area (Å²) in [5.41, 5.74) is 1.67. The van der Waals surface area contributed by atoms with E-state index in [1.807, 2.05) is 28.5 Å². The van der Waals surface area contributed by atoms with E-state index in [0.717, 1.165) is 31.5 Å². The summed E-state index contributed by atoms with van der Waals surface area (Å²) < 4.78 is 26.9. The predicted molar refractivity (Wildman–Crippen MR) is 112 cm³/mol. The highest BCUT2D eigenvalue weighted by Crippen LogP contribution is 2.28. The molecule has 1 amide bonds. The van der Waals surface area contributed by atoms with E-state index in [1.54, 1.807) is 24.3 Å². The van der Waals surface area contributed by atoms with Crippen LogP contribution in [0.5, 0.6) is 0 Å². The van der Waals surface area contributed by atoms with Gasteiger partial charge in [-0.25, -0.2) is 8.78 Å². The van der Waals surface area contributed by atoms with Gasteiger partial charge in [-0.15, -0.1) is 11.3 Å². The number of rotatable bonds is 5. The second kappa shape index (κ2) is 8.84. The second-order valence-electron chi connectivity index (χ2n) is 7.27. The standard InChI is InChI=1S/C23H22F2N2OS/c24-18-6-8-20(9-7-18)27(23(28)22-5-2-14-29-22)21-10-12-26(13-11-21)16-17-3-1-4-19(25)15-17/h1-9,14-15,21H,10-13,16H2. The Hall–Kier alpha value is -2.57. The van der Waals surface area contributed by atoms with Crippen molar-refractivity contribution in [1.82, 2.24) is 4.90 Å². The molecule has 1 saturated heterocycles. The number of carbonyl (C=O) groups excluding carboxylic acids is 1. The van der Waals surface area contributed by atoms with Gasteiger partial charge in [-0.3, -0.25) is 9.69 Å². The lowest BCUT2D eigenvalue weighted by atomic mass is 10.0. The quantitative estimate of drug-likeness (QED) is 0.565. The Morgan fingerprint density at radius 2 is 1.76 bits per heavy atom. The van der Waals surface area contributed by atoms with Crippen molar-refractivity contribution < 1.29 is 13.6 Å². The molecule has 0 spiro atoms. The van der Waals surface area contributed by atoms with Gasteiger partial charge in [0.15, 0.2) is 0 Å². The van der Waals surface area contributed by atoms with Crippen molar-refractivity contribution in [3.05, 3.63) is 88.1 Å². The molecule has 6 heteroatoms. The molecule has 3 aromatic rings. The smallest absolute Gasteiger partial charge is 0.268 e.